The molecule has 1 N–H and O–H groups in total. The molecule has 0 heterocycles. The molecule has 0 amide bonds. The van der Waals surface area contributed by atoms with Crippen LogP contribution in [0, 0.1) is 6.92 Å². The first-order valence-corrected chi connectivity index (χ1v) is 10.3. The third-order valence-electron chi connectivity index (χ3n) is 6.03. The monoisotopic (exact) mass is 386 g/mol. The summed E-state index contributed by atoms with van der Waals surface area (Å²) in [5.41, 5.74) is 4.08. The van der Waals surface area contributed by atoms with Gasteiger partial charge in [0.2, 0.25) is 0 Å². The average molecular weight is 386 g/mol. The Bertz CT molecular complexity index is 964. The highest BCUT2D eigenvalue weighted by Crippen LogP contribution is 2.45. The lowest BCUT2D eigenvalue weighted by atomic mass is 9.65. The largest absolute Gasteiger partial charge is 0.508 e. The highest BCUT2D eigenvalue weighted by Gasteiger charge is 2.35. The molecular formula is C26H26O3. The Morgan fingerprint density at radius 3 is 1.93 bits per heavy atom. The summed E-state index contributed by atoms with van der Waals surface area (Å²) >= 11 is 0. The summed E-state index contributed by atoms with van der Waals surface area (Å²) in [7, 11) is 0. The molecule has 0 bridgehead atoms. The van der Waals surface area contributed by atoms with Crippen molar-refractivity contribution < 1.29 is 14.6 Å². The van der Waals surface area contributed by atoms with Crippen molar-refractivity contribution in [2.45, 2.75) is 44.4 Å². The summed E-state index contributed by atoms with van der Waals surface area (Å²) < 4.78 is 5.57. The highest BCUT2D eigenvalue weighted by molar-refractivity contribution is 5.91. The number of hydrogen-bond acceptors (Lipinski definition) is 3. The summed E-state index contributed by atoms with van der Waals surface area (Å²) in [5.74, 6) is 0.498. The van der Waals surface area contributed by atoms with E-state index in [2.05, 4.69) is 12.1 Å². The zero-order valence-electron chi connectivity index (χ0n) is 16.7. The van der Waals surface area contributed by atoms with Crippen LogP contribution in [0.3, 0.4) is 0 Å². The molecule has 0 unspecified atom stereocenters. The minimum absolute atomic E-state index is 0.0502. The van der Waals surface area contributed by atoms with Crippen LogP contribution in [0.15, 0.2) is 72.8 Å². The van der Waals surface area contributed by atoms with Crippen LogP contribution in [-0.2, 0) is 5.41 Å². The Morgan fingerprint density at radius 2 is 1.34 bits per heavy atom. The van der Waals surface area contributed by atoms with Gasteiger partial charge in [-0.25, -0.2) is 4.79 Å². The number of rotatable bonds is 4. The Morgan fingerprint density at radius 1 is 0.793 bits per heavy atom. The van der Waals surface area contributed by atoms with E-state index in [1.165, 1.54) is 30.4 Å². The van der Waals surface area contributed by atoms with Gasteiger partial charge in [-0.2, -0.15) is 0 Å². The van der Waals surface area contributed by atoms with Crippen molar-refractivity contribution in [2.24, 2.45) is 0 Å². The zero-order chi connectivity index (χ0) is 20.3. The molecule has 1 fully saturated rings. The fraction of sp³-hybridized carbons (Fsp3) is 0.269. The summed E-state index contributed by atoms with van der Waals surface area (Å²) in [6, 6.07) is 22.9. The van der Waals surface area contributed by atoms with E-state index < -0.39 is 0 Å². The van der Waals surface area contributed by atoms with Gasteiger partial charge >= 0.3 is 5.97 Å². The maximum Gasteiger partial charge on any atom is 0.343 e. The molecule has 29 heavy (non-hydrogen) atoms. The molecular weight excluding hydrogens is 360 g/mol. The second kappa shape index (κ2) is 8.12. The number of phenolic OH excluding ortho intramolecular Hbond substituents is 1. The molecule has 0 aromatic heterocycles. The van der Waals surface area contributed by atoms with Gasteiger partial charge in [-0.3, -0.25) is 0 Å². The van der Waals surface area contributed by atoms with Crippen LogP contribution in [0.2, 0.25) is 0 Å². The van der Waals surface area contributed by atoms with E-state index in [0.717, 1.165) is 18.4 Å². The maximum atomic E-state index is 12.4. The molecule has 3 aromatic carbocycles. The Labute approximate surface area is 172 Å². The third kappa shape index (κ3) is 4.04. The minimum Gasteiger partial charge on any atom is -0.508 e. The molecule has 1 saturated carbocycles. The molecule has 0 radical (unpaired) electrons. The summed E-state index contributed by atoms with van der Waals surface area (Å²) in [4.78, 5) is 12.4. The number of carbonyl (C=O) groups excluding carboxylic acids is 1. The summed E-state index contributed by atoms with van der Waals surface area (Å²) in [5, 5.41) is 9.69. The molecule has 4 rings (SSSR count). The van der Waals surface area contributed by atoms with Gasteiger partial charge in [0, 0.05) is 5.41 Å². The average Bonchev–Trinajstić information content (AvgIpc) is 2.75. The Kier molecular flexibility index (Phi) is 5.39. The molecule has 0 spiro atoms. The van der Waals surface area contributed by atoms with Crippen molar-refractivity contribution in [3.63, 3.8) is 0 Å². The lowest BCUT2D eigenvalue weighted by molar-refractivity contribution is 0.0734. The van der Waals surface area contributed by atoms with Crippen molar-refractivity contribution in [3.8, 4) is 11.5 Å². The van der Waals surface area contributed by atoms with Crippen LogP contribution < -0.4 is 4.74 Å². The van der Waals surface area contributed by atoms with Crippen LogP contribution >= 0.6 is 0 Å². The molecule has 3 heteroatoms. The van der Waals surface area contributed by atoms with Gasteiger partial charge in [-0.05, 0) is 67.3 Å². The zero-order valence-corrected chi connectivity index (χ0v) is 16.7. The Hall–Kier alpha value is -3.07. The van der Waals surface area contributed by atoms with Gasteiger partial charge in [-0.15, -0.1) is 0 Å². The van der Waals surface area contributed by atoms with Gasteiger partial charge in [0.1, 0.15) is 11.5 Å². The number of aromatic hydroxyl groups is 1. The van der Waals surface area contributed by atoms with Gasteiger partial charge < -0.3 is 9.84 Å². The molecule has 0 saturated heterocycles. The number of aryl methyl sites for hydroxylation is 1. The number of hydrogen-bond donors (Lipinski definition) is 1. The minimum atomic E-state index is -0.344. The Balaban J connectivity index is 1.58. The number of ether oxygens (including phenoxy) is 1. The van der Waals surface area contributed by atoms with Crippen LogP contribution in [0.25, 0.3) is 0 Å². The van der Waals surface area contributed by atoms with Crippen molar-refractivity contribution in [2.75, 3.05) is 0 Å². The van der Waals surface area contributed by atoms with E-state index >= 15 is 0 Å². The number of carbonyl (C=O) groups is 1. The van der Waals surface area contributed by atoms with E-state index in [-0.39, 0.29) is 17.1 Å². The number of benzene rings is 3. The fourth-order valence-corrected chi connectivity index (χ4v) is 4.38. The molecule has 3 aromatic rings. The van der Waals surface area contributed by atoms with E-state index in [0.29, 0.717) is 11.3 Å². The third-order valence-corrected chi connectivity index (χ3v) is 6.03. The van der Waals surface area contributed by atoms with Gasteiger partial charge in [0.05, 0.1) is 5.56 Å². The van der Waals surface area contributed by atoms with Crippen LogP contribution in [0.4, 0.5) is 0 Å². The first-order chi connectivity index (χ1) is 14.1. The second-order valence-corrected chi connectivity index (χ2v) is 7.97. The smallest absolute Gasteiger partial charge is 0.343 e. The van der Waals surface area contributed by atoms with Gasteiger partial charge in [0.25, 0.3) is 0 Å². The van der Waals surface area contributed by atoms with Crippen molar-refractivity contribution in [3.05, 3.63) is 95.1 Å². The highest BCUT2D eigenvalue weighted by atomic mass is 16.5. The van der Waals surface area contributed by atoms with Crippen molar-refractivity contribution >= 4 is 5.97 Å². The van der Waals surface area contributed by atoms with Crippen LogP contribution in [0.5, 0.6) is 11.5 Å². The van der Waals surface area contributed by atoms with Crippen molar-refractivity contribution in [1.82, 2.24) is 0 Å². The van der Waals surface area contributed by atoms with Gasteiger partial charge in [-0.1, -0.05) is 61.2 Å². The predicted molar refractivity (Wildman–Crippen MR) is 115 cm³/mol. The molecule has 0 aliphatic heterocycles. The molecule has 1 aliphatic carbocycles. The molecule has 148 valence electrons. The standard InChI is InChI=1S/C26H26O3/c1-19-5-7-20(8-6-19)25(28)29-24-15-11-22(12-16-24)26(17-3-2-4-18-26)21-9-13-23(27)14-10-21/h5-16,27H,2-4,17-18H2,1H3. The number of phenols is 1. The quantitative estimate of drug-likeness (QED) is 0.431. The van der Waals surface area contributed by atoms with Crippen LogP contribution in [0.1, 0.15) is 59.2 Å². The fourth-order valence-electron chi connectivity index (χ4n) is 4.38. The first kappa shape index (κ1) is 19.3. The molecule has 0 atom stereocenters. The van der Waals surface area contributed by atoms with E-state index in [4.69, 9.17) is 4.74 Å². The second-order valence-electron chi connectivity index (χ2n) is 7.97. The summed E-state index contributed by atoms with van der Waals surface area (Å²) in [6.45, 7) is 1.99. The molecule has 1 aliphatic rings. The van der Waals surface area contributed by atoms with Crippen LogP contribution in [-0.4, -0.2) is 11.1 Å². The predicted octanol–water partition coefficient (Wildman–Crippen LogP) is 6.17. The SMILES string of the molecule is Cc1ccc(C(=O)Oc2ccc(C3(c4ccc(O)cc4)CCCCC3)cc2)cc1. The maximum absolute atomic E-state index is 12.4. The summed E-state index contributed by atoms with van der Waals surface area (Å²) in [6.07, 6.45) is 5.79. The van der Waals surface area contributed by atoms with E-state index in [1.807, 2.05) is 43.3 Å². The first-order valence-electron chi connectivity index (χ1n) is 10.3. The molecule has 3 nitrogen and oxygen atoms in total. The lowest BCUT2D eigenvalue weighted by Gasteiger charge is -2.38. The van der Waals surface area contributed by atoms with Crippen molar-refractivity contribution in [1.29, 1.82) is 0 Å². The number of esters is 1. The van der Waals surface area contributed by atoms with E-state index in [9.17, 15) is 9.90 Å². The van der Waals surface area contributed by atoms with E-state index in [1.54, 1.807) is 24.3 Å². The van der Waals surface area contributed by atoms with Gasteiger partial charge in [0.15, 0.2) is 0 Å². The lowest BCUT2D eigenvalue weighted by Crippen LogP contribution is -2.30. The topological polar surface area (TPSA) is 46.5 Å². The normalized spacial score (nSPS) is 15.6.